The number of aromatic nitrogens is 5. The molecular formula is C17H18N6O. The first-order valence-electron chi connectivity index (χ1n) is 8.15. The second kappa shape index (κ2) is 5.92. The van der Waals surface area contributed by atoms with E-state index in [1.165, 1.54) is 0 Å². The van der Waals surface area contributed by atoms with Crippen LogP contribution in [0.15, 0.2) is 30.3 Å². The second-order valence-electron chi connectivity index (χ2n) is 5.79. The van der Waals surface area contributed by atoms with Crippen LogP contribution in [0.2, 0.25) is 0 Å². The number of benzene rings is 1. The predicted molar refractivity (Wildman–Crippen MR) is 89.3 cm³/mol. The third-order valence-electron chi connectivity index (χ3n) is 4.24. The Morgan fingerprint density at radius 2 is 2.12 bits per heavy atom. The average Bonchev–Trinajstić information content (AvgIpc) is 3.31. The van der Waals surface area contributed by atoms with Gasteiger partial charge in [-0.2, -0.15) is 10.1 Å². The Balaban J connectivity index is 1.67. The molecule has 0 spiro atoms. The molecule has 7 heteroatoms. The Morgan fingerprint density at radius 1 is 1.29 bits per heavy atom. The summed E-state index contributed by atoms with van der Waals surface area (Å²) in [4.78, 5) is 16.9. The molecule has 4 rings (SSSR count). The average molecular weight is 322 g/mol. The van der Waals surface area contributed by atoms with Crippen molar-refractivity contribution < 1.29 is 4.79 Å². The molecule has 1 aromatic carbocycles. The maximum Gasteiger partial charge on any atom is 0.278 e. The first-order chi connectivity index (χ1) is 11.8. The summed E-state index contributed by atoms with van der Waals surface area (Å²) in [6.45, 7) is 1.97. The van der Waals surface area contributed by atoms with Crippen LogP contribution in [-0.2, 0) is 19.3 Å². The topological polar surface area (TPSA) is 88.5 Å². The number of aryl methyl sites for hydroxylation is 1. The van der Waals surface area contributed by atoms with E-state index >= 15 is 0 Å². The van der Waals surface area contributed by atoms with E-state index in [0.29, 0.717) is 5.69 Å². The number of anilines is 1. The summed E-state index contributed by atoms with van der Waals surface area (Å²) in [7, 11) is 0. The number of hydrogen-bond acceptors (Lipinski definition) is 4. The first-order valence-corrected chi connectivity index (χ1v) is 8.15. The zero-order valence-corrected chi connectivity index (χ0v) is 13.4. The van der Waals surface area contributed by atoms with Gasteiger partial charge in [-0.3, -0.25) is 15.2 Å². The zero-order valence-electron chi connectivity index (χ0n) is 13.4. The van der Waals surface area contributed by atoms with E-state index < -0.39 is 0 Å². The van der Waals surface area contributed by atoms with Crippen molar-refractivity contribution in [2.24, 2.45) is 0 Å². The van der Waals surface area contributed by atoms with Crippen LogP contribution in [0.5, 0.6) is 0 Å². The number of aromatic amines is 1. The number of rotatable bonds is 4. The third-order valence-corrected chi connectivity index (χ3v) is 4.24. The summed E-state index contributed by atoms with van der Waals surface area (Å²) in [5.74, 6) is 0.771. The second-order valence-corrected chi connectivity index (χ2v) is 5.79. The van der Waals surface area contributed by atoms with Crippen molar-refractivity contribution in [1.82, 2.24) is 25.0 Å². The van der Waals surface area contributed by atoms with Crippen LogP contribution in [0.3, 0.4) is 0 Å². The molecule has 0 radical (unpaired) electrons. The van der Waals surface area contributed by atoms with E-state index in [4.69, 9.17) is 0 Å². The monoisotopic (exact) mass is 322 g/mol. The molecule has 7 nitrogen and oxygen atoms in total. The van der Waals surface area contributed by atoms with Gasteiger partial charge in [0.05, 0.1) is 5.69 Å². The molecule has 0 fully saturated rings. The standard InChI is InChI=1S/C17H18N6O/c1-2-14-18-17(21-20-14)19-16(24)15-12-9-6-10-13(12)23(22-15)11-7-4-3-5-8-11/h3-5,7-8H,2,6,9-10H2,1H3,(H2,18,19,20,21,24). The van der Waals surface area contributed by atoms with Crippen LogP contribution in [0.4, 0.5) is 5.95 Å². The quantitative estimate of drug-likeness (QED) is 0.771. The number of carbonyl (C=O) groups excluding carboxylic acids is 1. The Bertz CT molecular complexity index is 880. The molecule has 1 aliphatic carbocycles. The fraction of sp³-hybridized carbons (Fsp3) is 0.294. The highest BCUT2D eigenvalue weighted by Crippen LogP contribution is 2.28. The van der Waals surface area contributed by atoms with Gasteiger partial charge in [0.1, 0.15) is 5.82 Å². The highest BCUT2D eigenvalue weighted by molar-refractivity contribution is 6.03. The van der Waals surface area contributed by atoms with E-state index in [1.54, 1.807) is 0 Å². The lowest BCUT2D eigenvalue weighted by molar-refractivity contribution is 0.102. The fourth-order valence-electron chi connectivity index (χ4n) is 3.07. The van der Waals surface area contributed by atoms with E-state index in [0.717, 1.165) is 48.5 Å². The number of fused-ring (bicyclic) bond motifs is 1. The Morgan fingerprint density at radius 3 is 2.88 bits per heavy atom. The lowest BCUT2D eigenvalue weighted by atomic mass is 10.2. The van der Waals surface area contributed by atoms with E-state index in [-0.39, 0.29) is 11.9 Å². The van der Waals surface area contributed by atoms with Crippen LogP contribution in [-0.4, -0.2) is 30.9 Å². The number of para-hydroxylation sites is 1. The van der Waals surface area contributed by atoms with Gasteiger partial charge < -0.3 is 0 Å². The van der Waals surface area contributed by atoms with Crippen molar-refractivity contribution in [3.63, 3.8) is 0 Å². The van der Waals surface area contributed by atoms with Gasteiger partial charge in [0.15, 0.2) is 5.69 Å². The number of nitrogens with one attached hydrogen (secondary N) is 2. The van der Waals surface area contributed by atoms with Crippen molar-refractivity contribution in [1.29, 1.82) is 0 Å². The molecule has 24 heavy (non-hydrogen) atoms. The summed E-state index contributed by atoms with van der Waals surface area (Å²) in [5, 5.41) is 14.1. The van der Waals surface area contributed by atoms with Crippen LogP contribution in [0.1, 0.15) is 40.9 Å². The van der Waals surface area contributed by atoms with E-state index in [9.17, 15) is 4.79 Å². The molecule has 0 saturated carbocycles. The van der Waals surface area contributed by atoms with Crippen LogP contribution in [0.25, 0.3) is 5.69 Å². The van der Waals surface area contributed by atoms with Gasteiger partial charge in [0.25, 0.3) is 5.91 Å². The van der Waals surface area contributed by atoms with Gasteiger partial charge in [-0.05, 0) is 31.4 Å². The predicted octanol–water partition coefficient (Wildman–Crippen LogP) is 2.29. The molecule has 2 aromatic heterocycles. The number of hydrogen-bond donors (Lipinski definition) is 2. The van der Waals surface area contributed by atoms with Crippen molar-refractivity contribution in [2.45, 2.75) is 32.6 Å². The zero-order chi connectivity index (χ0) is 16.5. The lowest BCUT2D eigenvalue weighted by Gasteiger charge is -2.04. The Labute approximate surface area is 139 Å². The fourth-order valence-corrected chi connectivity index (χ4v) is 3.07. The smallest absolute Gasteiger partial charge is 0.278 e. The van der Waals surface area contributed by atoms with Crippen molar-refractivity contribution in [3.05, 3.63) is 53.1 Å². The molecule has 0 atom stereocenters. The summed E-state index contributed by atoms with van der Waals surface area (Å²) in [6, 6.07) is 9.90. The molecule has 2 heterocycles. The molecule has 2 N–H and O–H groups in total. The lowest BCUT2D eigenvalue weighted by Crippen LogP contribution is -2.16. The summed E-state index contributed by atoms with van der Waals surface area (Å²) < 4.78 is 1.88. The number of nitrogens with zero attached hydrogens (tertiary/aromatic N) is 4. The Hall–Kier alpha value is -2.96. The maximum atomic E-state index is 12.6. The van der Waals surface area contributed by atoms with Gasteiger partial charge in [-0.25, -0.2) is 4.68 Å². The molecule has 0 unspecified atom stereocenters. The van der Waals surface area contributed by atoms with E-state index in [2.05, 4.69) is 25.6 Å². The van der Waals surface area contributed by atoms with Crippen LogP contribution >= 0.6 is 0 Å². The summed E-state index contributed by atoms with van der Waals surface area (Å²) in [5.41, 5.74) is 3.59. The number of H-pyrrole nitrogens is 1. The molecule has 0 saturated heterocycles. The molecule has 122 valence electrons. The SMILES string of the molecule is CCc1nc(NC(=O)c2nn(-c3ccccc3)c3c2CCC3)n[nH]1. The minimum absolute atomic E-state index is 0.260. The molecule has 3 aromatic rings. The van der Waals surface area contributed by atoms with Gasteiger partial charge in [0.2, 0.25) is 5.95 Å². The molecule has 1 amide bonds. The van der Waals surface area contributed by atoms with E-state index in [1.807, 2.05) is 41.9 Å². The molecule has 0 bridgehead atoms. The minimum atomic E-state index is -0.260. The van der Waals surface area contributed by atoms with Gasteiger partial charge in [0, 0.05) is 17.7 Å². The van der Waals surface area contributed by atoms with Crippen molar-refractivity contribution >= 4 is 11.9 Å². The largest absolute Gasteiger partial charge is 0.288 e. The number of amides is 1. The number of carbonyl (C=O) groups is 1. The van der Waals surface area contributed by atoms with Crippen molar-refractivity contribution in [3.8, 4) is 5.69 Å². The van der Waals surface area contributed by atoms with Crippen LogP contribution < -0.4 is 5.32 Å². The first kappa shape index (κ1) is 14.6. The highest BCUT2D eigenvalue weighted by atomic mass is 16.2. The summed E-state index contributed by atoms with van der Waals surface area (Å²) in [6.07, 6.45) is 3.59. The Kier molecular flexibility index (Phi) is 3.60. The van der Waals surface area contributed by atoms with Crippen molar-refractivity contribution in [2.75, 3.05) is 5.32 Å². The summed E-state index contributed by atoms with van der Waals surface area (Å²) >= 11 is 0. The minimum Gasteiger partial charge on any atom is -0.288 e. The maximum absolute atomic E-state index is 12.6. The van der Waals surface area contributed by atoms with Gasteiger partial charge in [-0.1, -0.05) is 25.1 Å². The molecular weight excluding hydrogens is 304 g/mol. The molecule has 0 aliphatic heterocycles. The van der Waals surface area contributed by atoms with Crippen LogP contribution in [0, 0.1) is 0 Å². The highest BCUT2D eigenvalue weighted by Gasteiger charge is 2.27. The van der Waals surface area contributed by atoms with Gasteiger partial charge in [-0.15, -0.1) is 5.10 Å². The van der Waals surface area contributed by atoms with Gasteiger partial charge >= 0.3 is 0 Å². The third kappa shape index (κ3) is 2.47. The normalized spacial score (nSPS) is 13.0. The molecule has 1 aliphatic rings.